The molecule has 2 aliphatic heterocycles. The third-order valence-electron chi connectivity index (χ3n) is 4.69. The Hall–Kier alpha value is -1.72. The van der Waals surface area contributed by atoms with Crippen molar-refractivity contribution in [1.29, 1.82) is 0 Å². The molecular formula is C17H19N3OS. The van der Waals surface area contributed by atoms with E-state index in [2.05, 4.69) is 16.0 Å². The van der Waals surface area contributed by atoms with Crippen molar-refractivity contribution in [3.05, 3.63) is 52.5 Å². The molecule has 0 aromatic carbocycles. The van der Waals surface area contributed by atoms with E-state index in [-0.39, 0.29) is 5.91 Å². The molecule has 2 unspecified atom stereocenters. The third kappa shape index (κ3) is 2.66. The first-order chi connectivity index (χ1) is 10.8. The predicted octanol–water partition coefficient (Wildman–Crippen LogP) is 2.35. The summed E-state index contributed by atoms with van der Waals surface area (Å²) in [6.45, 7) is 4.89. The number of hydrogen-bond acceptors (Lipinski definition) is 4. The maximum atomic E-state index is 12.4. The number of fused-ring (bicyclic) bond motifs is 1. The van der Waals surface area contributed by atoms with Crippen LogP contribution < -0.4 is 0 Å². The van der Waals surface area contributed by atoms with Crippen LogP contribution in [0.1, 0.15) is 15.4 Å². The first kappa shape index (κ1) is 13.9. The zero-order valence-corrected chi connectivity index (χ0v) is 13.2. The van der Waals surface area contributed by atoms with E-state index in [1.54, 1.807) is 0 Å². The monoisotopic (exact) mass is 313 g/mol. The molecular weight excluding hydrogens is 294 g/mol. The van der Waals surface area contributed by atoms with Crippen LogP contribution in [0.25, 0.3) is 0 Å². The quantitative estimate of drug-likeness (QED) is 0.873. The average molecular weight is 313 g/mol. The van der Waals surface area contributed by atoms with Gasteiger partial charge < -0.3 is 4.90 Å². The fourth-order valence-electron chi connectivity index (χ4n) is 3.66. The molecule has 0 spiro atoms. The summed E-state index contributed by atoms with van der Waals surface area (Å²) in [5, 5.41) is 1.97. The number of carbonyl (C=O) groups is 1. The summed E-state index contributed by atoms with van der Waals surface area (Å²) in [7, 11) is 0. The molecule has 2 saturated heterocycles. The molecule has 22 heavy (non-hydrogen) atoms. The normalized spacial score (nSPS) is 24.6. The van der Waals surface area contributed by atoms with Gasteiger partial charge in [0.2, 0.25) is 0 Å². The van der Waals surface area contributed by atoms with Gasteiger partial charge in [-0.25, -0.2) is 0 Å². The molecule has 2 atom stereocenters. The lowest BCUT2D eigenvalue weighted by molar-refractivity contribution is 0.0778. The number of likely N-dealkylation sites (tertiary alicyclic amines) is 2. The highest BCUT2D eigenvalue weighted by Gasteiger charge is 2.41. The van der Waals surface area contributed by atoms with Crippen molar-refractivity contribution in [3.63, 3.8) is 0 Å². The van der Waals surface area contributed by atoms with Crippen molar-refractivity contribution >= 4 is 17.2 Å². The Morgan fingerprint density at radius 3 is 2.59 bits per heavy atom. The molecule has 114 valence electrons. The number of aromatic nitrogens is 1. The van der Waals surface area contributed by atoms with Crippen LogP contribution >= 0.6 is 11.3 Å². The van der Waals surface area contributed by atoms with Crippen LogP contribution in [0.15, 0.2) is 41.9 Å². The number of pyridine rings is 1. The fourth-order valence-corrected chi connectivity index (χ4v) is 4.35. The molecule has 4 rings (SSSR count). The Labute approximate surface area is 134 Å². The van der Waals surface area contributed by atoms with Crippen molar-refractivity contribution in [2.45, 2.75) is 6.54 Å². The van der Waals surface area contributed by atoms with Crippen LogP contribution in [0.5, 0.6) is 0 Å². The van der Waals surface area contributed by atoms with Crippen LogP contribution in [0.2, 0.25) is 0 Å². The summed E-state index contributed by atoms with van der Waals surface area (Å²) >= 11 is 1.54. The van der Waals surface area contributed by atoms with Crippen molar-refractivity contribution in [3.8, 4) is 0 Å². The van der Waals surface area contributed by atoms with E-state index < -0.39 is 0 Å². The maximum absolute atomic E-state index is 12.4. The summed E-state index contributed by atoms with van der Waals surface area (Å²) in [6, 6.07) is 9.95. The smallest absolute Gasteiger partial charge is 0.263 e. The predicted molar refractivity (Wildman–Crippen MR) is 86.7 cm³/mol. The molecule has 2 fully saturated rings. The number of hydrogen-bond donors (Lipinski definition) is 0. The van der Waals surface area contributed by atoms with E-state index in [1.165, 1.54) is 11.3 Å². The van der Waals surface area contributed by atoms with Gasteiger partial charge in [0.05, 0.1) is 10.6 Å². The highest BCUT2D eigenvalue weighted by Crippen LogP contribution is 2.32. The Balaban J connectivity index is 1.36. The molecule has 0 saturated carbocycles. The molecule has 0 radical (unpaired) electrons. The molecule has 2 aromatic heterocycles. The summed E-state index contributed by atoms with van der Waals surface area (Å²) in [5.41, 5.74) is 1.13. The van der Waals surface area contributed by atoms with E-state index in [4.69, 9.17) is 0 Å². The minimum Gasteiger partial charge on any atom is -0.337 e. The van der Waals surface area contributed by atoms with Crippen LogP contribution in [0.3, 0.4) is 0 Å². The first-order valence-electron chi connectivity index (χ1n) is 7.74. The van der Waals surface area contributed by atoms with E-state index in [1.807, 2.05) is 40.7 Å². The Morgan fingerprint density at radius 1 is 1.14 bits per heavy atom. The molecule has 4 heterocycles. The van der Waals surface area contributed by atoms with E-state index in [9.17, 15) is 4.79 Å². The highest BCUT2D eigenvalue weighted by atomic mass is 32.1. The van der Waals surface area contributed by atoms with E-state index >= 15 is 0 Å². The van der Waals surface area contributed by atoms with Crippen LogP contribution in [-0.2, 0) is 6.54 Å². The second-order valence-electron chi connectivity index (χ2n) is 6.22. The molecule has 5 heteroatoms. The SMILES string of the molecule is O=C(c1cccs1)N1CC2CN(Cc3ccccn3)CC2C1. The van der Waals surface area contributed by atoms with Crippen molar-refractivity contribution in [2.24, 2.45) is 11.8 Å². The zero-order chi connectivity index (χ0) is 14.9. The van der Waals surface area contributed by atoms with E-state index in [0.717, 1.165) is 43.3 Å². The van der Waals surface area contributed by atoms with Gasteiger partial charge in [-0.1, -0.05) is 12.1 Å². The molecule has 2 aromatic rings. The number of carbonyl (C=O) groups excluding carboxylic acids is 1. The van der Waals surface area contributed by atoms with Crippen molar-refractivity contribution in [1.82, 2.24) is 14.8 Å². The Kier molecular flexibility index (Phi) is 3.68. The summed E-state index contributed by atoms with van der Waals surface area (Å²) in [6.07, 6.45) is 1.85. The van der Waals surface area contributed by atoms with Crippen LogP contribution in [0.4, 0.5) is 0 Å². The molecule has 2 aliphatic rings. The summed E-state index contributed by atoms with van der Waals surface area (Å²) in [5.74, 6) is 1.45. The lowest BCUT2D eigenvalue weighted by Gasteiger charge is -2.21. The van der Waals surface area contributed by atoms with Gasteiger partial charge in [-0.05, 0) is 35.4 Å². The van der Waals surface area contributed by atoms with Gasteiger partial charge in [0.25, 0.3) is 5.91 Å². The molecule has 0 aliphatic carbocycles. The number of amides is 1. The molecule has 4 nitrogen and oxygen atoms in total. The lowest BCUT2D eigenvalue weighted by Crippen LogP contribution is -2.32. The van der Waals surface area contributed by atoms with Gasteiger partial charge in [-0.3, -0.25) is 14.7 Å². The largest absolute Gasteiger partial charge is 0.337 e. The average Bonchev–Trinajstić information content (AvgIpc) is 3.23. The highest BCUT2D eigenvalue weighted by molar-refractivity contribution is 7.12. The molecule has 1 amide bonds. The lowest BCUT2D eigenvalue weighted by atomic mass is 10.0. The van der Waals surface area contributed by atoms with Gasteiger partial charge in [0.1, 0.15) is 0 Å². The van der Waals surface area contributed by atoms with Crippen LogP contribution in [-0.4, -0.2) is 46.9 Å². The zero-order valence-electron chi connectivity index (χ0n) is 12.4. The molecule has 0 bridgehead atoms. The van der Waals surface area contributed by atoms with Gasteiger partial charge in [-0.15, -0.1) is 11.3 Å². The minimum absolute atomic E-state index is 0.209. The van der Waals surface area contributed by atoms with E-state index in [0.29, 0.717) is 11.8 Å². The molecule has 0 N–H and O–H groups in total. The van der Waals surface area contributed by atoms with Crippen LogP contribution in [0, 0.1) is 11.8 Å². The first-order valence-corrected chi connectivity index (χ1v) is 8.62. The number of rotatable bonds is 3. The number of thiophene rings is 1. The fraction of sp³-hybridized carbons (Fsp3) is 0.412. The van der Waals surface area contributed by atoms with Gasteiger partial charge in [-0.2, -0.15) is 0 Å². The maximum Gasteiger partial charge on any atom is 0.263 e. The topological polar surface area (TPSA) is 36.4 Å². The van der Waals surface area contributed by atoms with Gasteiger partial charge in [0.15, 0.2) is 0 Å². The standard InChI is InChI=1S/C17H19N3OS/c21-17(16-5-3-7-22-16)20-10-13-8-19(9-14(13)11-20)12-15-4-1-2-6-18-15/h1-7,13-14H,8-12H2. The second kappa shape index (κ2) is 5.82. The van der Waals surface area contributed by atoms with Gasteiger partial charge in [0, 0.05) is 38.9 Å². The second-order valence-corrected chi connectivity index (χ2v) is 7.17. The van der Waals surface area contributed by atoms with Gasteiger partial charge >= 0.3 is 0 Å². The van der Waals surface area contributed by atoms with Crippen molar-refractivity contribution < 1.29 is 4.79 Å². The van der Waals surface area contributed by atoms with Crippen molar-refractivity contribution in [2.75, 3.05) is 26.2 Å². The minimum atomic E-state index is 0.209. The Morgan fingerprint density at radius 2 is 1.95 bits per heavy atom. The summed E-state index contributed by atoms with van der Waals surface area (Å²) in [4.78, 5) is 22.2. The third-order valence-corrected chi connectivity index (χ3v) is 5.55. The summed E-state index contributed by atoms with van der Waals surface area (Å²) < 4.78 is 0. The number of nitrogens with zero attached hydrogens (tertiary/aromatic N) is 3. The Bertz CT molecular complexity index is 629.